The molecule has 35 heavy (non-hydrogen) atoms. The molecule has 1 fully saturated rings. The minimum absolute atomic E-state index is 0.110. The van der Waals surface area contributed by atoms with Crippen LogP contribution in [0.25, 0.3) is 5.76 Å². The summed E-state index contributed by atoms with van der Waals surface area (Å²) in [5.41, 5.74) is 0.698. The highest BCUT2D eigenvalue weighted by atomic mass is 35.5. The van der Waals surface area contributed by atoms with Crippen LogP contribution in [0, 0.1) is 5.82 Å². The van der Waals surface area contributed by atoms with Crippen molar-refractivity contribution in [1.29, 1.82) is 0 Å². The summed E-state index contributed by atoms with van der Waals surface area (Å²) in [5, 5.41) is 11.6. The molecular weight excluding hydrogens is 477 g/mol. The summed E-state index contributed by atoms with van der Waals surface area (Å²) in [5.74, 6) is -1.89. The van der Waals surface area contributed by atoms with Gasteiger partial charge in [0.15, 0.2) is 0 Å². The lowest BCUT2D eigenvalue weighted by Gasteiger charge is -2.26. The van der Waals surface area contributed by atoms with Crippen molar-refractivity contribution in [2.45, 2.75) is 6.04 Å². The van der Waals surface area contributed by atoms with Gasteiger partial charge in [-0.3, -0.25) is 14.5 Å². The molecule has 7 nitrogen and oxygen atoms in total. The molecule has 9 heteroatoms. The van der Waals surface area contributed by atoms with Gasteiger partial charge in [-0.05, 0) is 48.0 Å². The average Bonchev–Trinajstić information content (AvgIpc) is 3.14. The van der Waals surface area contributed by atoms with Crippen LogP contribution < -0.4 is 19.1 Å². The van der Waals surface area contributed by atoms with Crippen LogP contribution in [-0.2, 0) is 9.59 Å². The molecule has 3 aromatic carbocycles. The molecule has 1 amide bonds. The predicted molar refractivity (Wildman–Crippen MR) is 129 cm³/mol. The molecule has 0 aliphatic carbocycles. The number of aliphatic hydroxyl groups excluding tert-OH is 1. The van der Waals surface area contributed by atoms with Gasteiger partial charge in [0.2, 0.25) is 0 Å². The first-order valence-corrected chi connectivity index (χ1v) is 10.8. The van der Waals surface area contributed by atoms with E-state index in [1.165, 1.54) is 62.6 Å². The Morgan fingerprint density at radius 3 is 2.26 bits per heavy atom. The Bertz CT molecular complexity index is 1340. The second kappa shape index (κ2) is 9.68. The zero-order chi connectivity index (χ0) is 25.3. The maximum absolute atomic E-state index is 13.6. The number of Topliss-reactive ketones (excluding diaryl/α,β-unsaturated/α-hetero) is 1. The molecule has 1 atom stereocenters. The quantitative estimate of drug-likeness (QED) is 0.289. The van der Waals surface area contributed by atoms with E-state index >= 15 is 0 Å². The molecule has 1 unspecified atom stereocenters. The third-order valence-electron chi connectivity index (χ3n) is 5.69. The number of anilines is 1. The van der Waals surface area contributed by atoms with E-state index in [9.17, 15) is 19.1 Å². The van der Waals surface area contributed by atoms with Gasteiger partial charge >= 0.3 is 0 Å². The molecule has 1 saturated heterocycles. The number of ether oxygens (including phenoxy) is 3. The second-order valence-electron chi connectivity index (χ2n) is 7.61. The summed E-state index contributed by atoms with van der Waals surface area (Å²) in [7, 11) is 4.27. The van der Waals surface area contributed by atoms with Crippen LogP contribution in [0.15, 0.2) is 66.2 Å². The summed E-state index contributed by atoms with van der Waals surface area (Å²) < 4.78 is 29.5. The van der Waals surface area contributed by atoms with E-state index in [2.05, 4.69) is 0 Å². The number of hydrogen-bond acceptors (Lipinski definition) is 6. The third-order valence-corrected chi connectivity index (χ3v) is 5.98. The van der Waals surface area contributed by atoms with Gasteiger partial charge in [-0.1, -0.05) is 23.7 Å². The van der Waals surface area contributed by atoms with Crippen LogP contribution >= 0.6 is 11.6 Å². The monoisotopic (exact) mass is 497 g/mol. The number of aliphatic hydroxyl groups is 1. The van der Waals surface area contributed by atoms with Crippen molar-refractivity contribution in [3.05, 3.63) is 88.2 Å². The maximum atomic E-state index is 13.6. The van der Waals surface area contributed by atoms with E-state index in [0.717, 1.165) is 0 Å². The zero-order valence-corrected chi connectivity index (χ0v) is 19.8. The third kappa shape index (κ3) is 4.28. The molecule has 3 aromatic rings. The Kier molecular flexibility index (Phi) is 6.66. The molecule has 1 heterocycles. The summed E-state index contributed by atoms with van der Waals surface area (Å²) >= 11 is 6.19. The Morgan fingerprint density at radius 2 is 1.63 bits per heavy atom. The standard InChI is InChI=1S/C26H21ClFNO6/c1-33-17-6-4-5-14(11-17)23-22(24(30)18-12-21(35-3)19(27)13-20(18)34-2)25(31)26(32)29(23)16-9-7-15(28)8-10-16/h4-13,23,30H,1-3H3/b24-22+. The lowest BCUT2D eigenvalue weighted by Crippen LogP contribution is -2.29. The van der Waals surface area contributed by atoms with Gasteiger partial charge in [-0.2, -0.15) is 0 Å². The average molecular weight is 498 g/mol. The second-order valence-corrected chi connectivity index (χ2v) is 8.02. The topological polar surface area (TPSA) is 85.3 Å². The number of carbonyl (C=O) groups is 2. The Labute approximate surface area is 205 Å². The number of methoxy groups -OCH3 is 3. The van der Waals surface area contributed by atoms with E-state index in [0.29, 0.717) is 11.3 Å². The minimum atomic E-state index is -1.04. The van der Waals surface area contributed by atoms with Crippen LogP contribution in [0.3, 0.4) is 0 Å². The van der Waals surface area contributed by atoms with Crippen molar-refractivity contribution in [3.8, 4) is 17.2 Å². The molecule has 180 valence electrons. The predicted octanol–water partition coefficient (Wildman–Crippen LogP) is 5.13. The fraction of sp³-hybridized carbons (Fsp3) is 0.154. The molecule has 1 N–H and O–H groups in total. The van der Waals surface area contributed by atoms with Gasteiger partial charge in [-0.15, -0.1) is 0 Å². The number of halogens is 2. The first-order valence-electron chi connectivity index (χ1n) is 10.4. The van der Waals surface area contributed by atoms with Crippen molar-refractivity contribution in [2.75, 3.05) is 26.2 Å². The fourth-order valence-corrected chi connectivity index (χ4v) is 4.25. The zero-order valence-electron chi connectivity index (χ0n) is 19.0. The van der Waals surface area contributed by atoms with Crippen molar-refractivity contribution in [2.24, 2.45) is 0 Å². The fourth-order valence-electron chi connectivity index (χ4n) is 4.02. The summed E-state index contributed by atoms with van der Waals surface area (Å²) in [4.78, 5) is 27.8. The molecule has 0 aromatic heterocycles. The number of rotatable bonds is 6. The van der Waals surface area contributed by atoms with Crippen LogP contribution in [0.5, 0.6) is 17.2 Å². The van der Waals surface area contributed by atoms with Crippen molar-refractivity contribution in [1.82, 2.24) is 0 Å². The molecule has 1 aliphatic heterocycles. The number of benzene rings is 3. The number of nitrogens with zero attached hydrogens (tertiary/aromatic N) is 1. The van der Waals surface area contributed by atoms with E-state index in [1.54, 1.807) is 24.3 Å². The molecule has 4 rings (SSSR count). The maximum Gasteiger partial charge on any atom is 0.300 e. The summed E-state index contributed by atoms with van der Waals surface area (Å²) in [6.07, 6.45) is 0. The lowest BCUT2D eigenvalue weighted by molar-refractivity contribution is -0.132. The minimum Gasteiger partial charge on any atom is -0.507 e. The molecule has 0 spiro atoms. The highest BCUT2D eigenvalue weighted by Crippen LogP contribution is 2.45. The molecule has 0 saturated carbocycles. The van der Waals surface area contributed by atoms with Crippen molar-refractivity contribution >= 4 is 34.7 Å². The van der Waals surface area contributed by atoms with E-state index in [4.69, 9.17) is 25.8 Å². The highest BCUT2D eigenvalue weighted by Gasteiger charge is 2.47. The van der Waals surface area contributed by atoms with Gasteiger partial charge < -0.3 is 19.3 Å². The van der Waals surface area contributed by atoms with Gasteiger partial charge in [0, 0.05) is 11.8 Å². The lowest BCUT2D eigenvalue weighted by atomic mass is 9.94. The number of carbonyl (C=O) groups excluding carboxylic acids is 2. The van der Waals surface area contributed by atoms with E-state index < -0.39 is 29.3 Å². The van der Waals surface area contributed by atoms with Crippen molar-refractivity contribution < 1.29 is 33.3 Å². The number of amides is 1. The van der Waals surface area contributed by atoms with E-state index in [-0.39, 0.29) is 33.3 Å². The molecule has 0 bridgehead atoms. The Hall–Kier alpha value is -4.04. The van der Waals surface area contributed by atoms with Gasteiger partial charge in [0.05, 0.1) is 43.5 Å². The Balaban J connectivity index is 2.00. The van der Waals surface area contributed by atoms with Crippen LogP contribution in [0.2, 0.25) is 5.02 Å². The largest absolute Gasteiger partial charge is 0.507 e. The van der Waals surface area contributed by atoms with Crippen LogP contribution in [0.4, 0.5) is 10.1 Å². The van der Waals surface area contributed by atoms with Gasteiger partial charge in [-0.25, -0.2) is 4.39 Å². The smallest absolute Gasteiger partial charge is 0.300 e. The van der Waals surface area contributed by atoms with Gasteiger partial charge in [0.25, 0.3) is 11.7 Å². The normalized spacial score (nSPS) is 16.9. The first kappa shape index (κ1) is 24.1. The van der Waals surface area contributed by atoms with Crippen LogP contribution in [-0.4, -0.2) is 38.1 Å². The number of ketones is 1. The summed E-state index contributed by atoms with van der Waals surface area (Å²) in [6, 6.07) is 13.7. The SMILES string of the molecule is COc1cccc(C2/C(=C(\O)c3cc(OC)c(Cl)cc3OC)C(=O)C(=O)N2c2ccc(F)cc2)c1. The molecule has 0 radical (unpaired) electrons. The molecule has 1 aliphatic rings. The van der Waals surface area contributed by atoms with Crippen LogP contribution in [0.1, 0.15) is 17.2 Å². The number of hydrogen-bond donors (Lipinski definition) is 1. The summed E-state index contributed by atoms with van der Waals surface area (Å²) in [6.45, 7) is 0. The van der Waals surface area contributed by atoms with Crippen molar-refractivity contribution in [3.63, 3.8) is 0 Å². The molecular formula is C26H21ClFNO6. The Morgan fingerprint density at radius 1 is 0.943 bits per heavy atom. The first-order chi connectivity index (χ1) is 16.8. The highest BCUT2D eigenvalue weighted by molar-refractivity contribution is 6.51. The van der Waals surface area contributed by atoms with E-state index in [1.807, 2.05) is 0 Å². The van der Waals surface area contributed by atoms with Gasteiger partial charge in [0.1, 0.15) is 28.8 Å².